The molecule has 0 radical (unpaired) electrons. The fraction of sp³-hybridized carbons (Fsp3) is 0.227. The largest absolute Gasteiger partial charge is 0.347 e. The lowest BCUT2D eigenvalue weighted by atomic mass is 10.2. The number of hydrogen-bond acceptors (Lipinski definition) is 3. The lowest BCUT2D eigenvalue weighted by Gasteiger charge is -2.12. The van der Waals surface area contributed by atoms with E-state index in [-0.39, 0.29) is 17.6 Å². The van der Waals surface area contributed by atoms with Gasteiger partial charge < -0.3 is 15.2 Å². The van der Waals surface area contributed by atoms with Gasteiger partial charge >= 0.3 is 0 Å². The SMILES string of the molecule is CCCCn1c(C(=O)NCc2ccccc2)cnc1C(=O)Nc1ccccc1. The number of carbonyl (C=O) groups excluding carboxylic acids is 2. The molecule has 6 heteroatoms. The molecule has 28 heavy (non-hydrogen) atoms. The Kier molecular flexibility index (Phi) is 6.57. The van der Waals surface area contributed by atoms with E-state index in [0.29, 0.717) is 24.5 Å². The summed E-state index contributed by atoms with van der Waals surface area (Å²) in [5.74, 6) is -0.335. The van der Waals surface area contributed by atoms with Gasteiger partial charge in [-0.2, -0.15) is 0 Å². The third-order valence-corrected chi connectivity index (χ3v) is 4.35. The average Bonchev–Trinajstić information content (AvgIpc) is 3.16. The highest BCUT2D eigenvalue weighted by atomic mass is 16.2. The molecular weight excluding hydrogens is 352 g/mol. The number of amides is 2. The minimum Gasteiger partial charge on any atom is -0.347 e. The maximum Gasteiger partial charge on any atom is 0.291 e. The highest BCUT2D eigenvalue weighted by Crippen LogP contribution is 2.12. The Hall–Kier alpha value is -3.41. The number of hydrogen-bond donors (Lipinski definition) is 2. The van der Waals surface area contributed by atoms with E-state index in [2.05, 4.69) is 22.5 Å². The maximum atomic E-state index is 12.7. The molecule has 1 heterocycles. The van der Waals surface area contributed by atoms with E-state index in [0.717, 1.165) is 18.4 Å². The summed E-state index contributed by atoms with van der Waals surface area (Å²) < 4.78 is 1.70. The van der Waals surface area contributed by atoms with Gasteiger partial charge in [-0.25, -0.2) is 4.98 Å². The van der Waals surface area contributed by atoms with Crippen molar-refractivity contribution in [2.75, 3.05) is 5.32 Å². The van der Waals surface area contributed by atoms with E-state index in [9.17, 15) is 9.59 Å². The molecule has 0 aliphatic carbocycles. The first-order valence-corrected chi connectivity index (χ1v) is 9.43. The summed E-state index contributed by atoms with van der Waals surface area (Å²) in [5, 5.41) is 5.73. The summed E-state index contributed by atoms with van der Waals surface area (Å²) in [6, 6.07) is 18.9. The standard InChI is InChI=1S/C22H24N4O2/c1-2-3-14-26-19(21(27)24-15-17-10-6-4-7-11-17)16-23-20(26)22(28)25-18-12-8-5-9-13-18/h4-13,16H,2-3,14-15H2,1H3,(H,24,27)(H,25,28). The van der Waals surface area contributed by atoms with Crippen molar-refractivity contribution < 1.29 is 9.59 Å². The van der Waals surface area contributed by atoms with Gasteiger partial charge in [-0.15, -0.1) is 0 Å². The molecule has 6 nitrogen and oxygen atoms in total. The number of carbonyl (C=O) groups is 2. The van der Waals surface area contributed by atoms with Gasteiger partial charge in [0, 0.05) is 18.8 Å². The lowest BCUT2D eigenvalue weighted by Crippen LogP contribution is -2.27. The molecule has 0 unspecified atom stereocenters. The summed E-state index contributed by atoms with van der Waals surface area (Å²) >= 11 is 0. The zero-order chi connectivity index (χ0) is 19.8. The molecule has 144 valence electrons. The molecule has 1 aromatic heterocycles. The smallest absolute Gasteiger partial charge is 0.291 e. The topological polar surface area (TPSA) is 76.0 Å². The van der Waals surface area contributed by atoms with Crippen molar-refractivity contribution in [3.63, 3.8) is 0 Å². The predicted octanol–water partition coefficient (Wildman–Crippen LogP) is 3.87. The van der Waals surface area contributed by atoms with Crippen LogP contribution < -0.4 is 10.6 Å². The number of rotatable bonds is 8. The number of unbranched alkanes of at least 4 members (excludes halogenated alkanes) is 1. The number of para-hydroxylation sites is 1. The van der Waals surface area contributed by atoms with Gasteiger partial charge in [0.2, 0.25) is 0 Å². The Balaban J connectivity index is 1.77. The van der Waals surface area contributed by atoms with Gasteiger partial charge in [-0.3, -0.25) is 9.59 Å². The molecule has 0 aliphatic rings. The average molecular weight is 376 g/mol. The molecule has 2 amide bonds. The molecule has 3 aromatic rings. The second-order valence-corrected chi connectivity index (χ2v) is 6.46. The number of anilines is 1. The summed E-state index contributed by atoms with van der Waals surface area (Å²) in [6.07, 6.45) is 3.26. The monoisotopic (exact) mass is 376 g/mol. The minimum absolute atomic E-state index is 0.238. The van der Waals surface area contributed by atoms with Gasteiger partial charge in [0.05, 0.1) is 6.20 Å². The molecule has 0 spiro atoms. The number of nitrogens with zero attached hydrogens (tertiary/aromatic N) is 2. The van der Waals surface area contributed by atoms with Crippen LogP contribution in [-0.2, 0) is 13.1 Å². The lowest BCUT2D eigenvalue weighted by molar-refractivity contribution is 0.0941. The third-order valence-electron chi connectivity index (χ3n) is 4.35. The van der Waals surface area contributed by atoms with Crippen LogP contribution >= 0.6 is 0 Å². The second kappa shape index (κ2) is 9.50. The number of nitrogens with one attached hydrogen (secondary N) is 2. The number of aromatic nitrogens is 2. The van der Waals surface area contributed by atoms with Crippen LogP contribution in [0.25, 0.3) is 0 Å². The van der Waals surface area contributed by atoms with Gasteiger partial charge in [-0.1, -0.05) is 61.9 Å². The highest BCUT2D eigenvalue weighted by Gasteiger charge is 2.21. The first-order chi connectivity index (χ1) is 13.7. The first-order valence-electron chi connectivity index (χ1n) is 9.43. The zero-order valence-corrected chi connectivity index (χ0v) is 15.9. The van der Waals surface area contributed by atoms with Crippen molar-refractivity contribution in [1.29, 1.82) is 0 Å². The van der Waals surface area contributed by atoms with Crippen LogP contribution in [0.1, 0.15) is 46.4 Å². The summed E-state index contributed by atoms with van der Waals surface area (Å²) in [6.45, 7) is 3.04. The molecule has 0 atom stereocenters. The molecular formula is C22H24N4O2. The number of benzene rings is 2. The molecule has 0 saturated heterocycles. The normalized spacial score (nSPS) is 10.5. The van der Waals surface area contributed by atoms with Crippen molar-refractivity contribution in [2.45, 2.75) is 32.9 Å². The Morgan fingerprint density at radius 1 is 0.964 bits per heavy atom. The van der Waals surface area contributed by atoms with Crippen molar-refractivity contribution in [3.05, 3.63) is 83.9 Å². The van der Waals surface area contributed by atoms with E-state index >= 15 is 0 Å². The molecule has 0 bridgehead atoms. The van der Waals surface area contributed by atoms with E-state index in [4.69, 9.17) is 0 Å². The molecule has 3 rings (SSSR count). The van der Waals surface area contributed by atoms with Gasteiger partial charge in [0.15, 0.2) is 5.82 Å². The fourth-order valence-electron chi connectivity index (χ4n) is 2.86. The quantitative estimate of drug-likeness (QED) is 0.627. The zero-order valence-electron chi connectivity index (χ0n) is 15.9. The van der Waals surface area contributed by atoms with Crippen LogP contribution in [0.4, 0.5) is 5.69 Å². The van der Waals surface area contributed by atoms with E-state index in [1.54, 1.807) is 4.57 Å². The summed E-state index contributed by atoms with van der Waals surface area (Å²) in [5.41, 5.74) is 2.09. The fourth-order valence-corrected chi connectivity index (χ4v) is 2.86. The Labute approximate surface area is 164 Å². The van der Waals surface area contributed by atoms with Crippen LogP contribution in [-0.4, -0.2) is 21.4 Å². The van der Waals surface area contributed by atoms with Crippen LogP contribution in [0.15, 0.2) is 66.9 Å². The summed E-state index contributed by atoms with van der Waals surface area (Å²) in [4.78, 5) is 29.6. The summed E-state index contributed by atoms with van der Waals surface area (Å²) in [7, 11) is 0. The van der Waals surface area contributed by atoms with Crippen LogP contribution in [0, 0.1) is 0 Å². The van der Waals surface area contributed by atoms with Gasteiger partial charge in [-0.05, 0) is 24.1 Å². The number of imidazole rings is 1. The second-order valence-electron chi connectivity index (χ2n) is 6.46. The molecule has 2 aromatic carbocycles. The third kappa shape index (κ3) is 4.85. The Morgan fingerprint density at radius 3 is 2.32 bits per heavy atom. The molecule has 2 N–H and O–H groups in total. The van der Waals surface area contributed by atoms with Crippen molar-refractivity contribution >= 4 is 17.5 Å². The Bertz CT molecular complexity index is 920. The maximum absolute atomic E-state index is 12.7. The predicted molar refractivity (Wildman–Crippen MR) is 109 cm³/mol. The minimum atomic E-state index is -0.329. The van der Waals surface area contributed by atoms with Crippen molar-refractivity contribution in [2.24, 2.45) is 0 Å². The van der Waals surface area contributed by atoms with Gasteiger partial charge in [0.25, 0.3) is 11.8 Å². The van der Waals surface area contributed by atoms with E-state index in [1.807, 2.05) is 60.7 Å². The highest BCUT2D eigenvalue weighted by molar-refractivity contribution is 6.03. The van der Waals surface area contributed by atoms with E-state index in [1.165, 1.54) is 6.20 Å². The van der Waals surface area contributed by atoms with Crippen molar-refractivity contribution in [1.82, 2.24) is 14.9 Å². The van der Waals surface area contributed by atoms with E-state index < -0.39 is 0 Å². The van der Waals surface area contributed by atoms with Gasteiger partial charge in [0.1, 0.15) is 5.69 Å². The van der Waals surface area contributed by atoms with Crippen LogP contribution in [0.3, 0.4) is 0 Å². The molecule has 0 saturated carbocycles. The Morgan fingerprint density at radius 2 is 1.64 bits per heavy atom. The van der Waals surface area contributed by atoms with Crippen LogP contribution in [0.2, 0.25) is 0 Å². The van der Waals surface area contributed by atoms with Crippen LogP contribution in [0.5, 0.6) is 0 Å². The molecule has 0 fully saturated rings. The first kappa shape index (κ1) is 19.4. The molecule has 0 aliphatic heterocycles. The van der Waals surface area contributed by atoms with Crippen molar-refractivity contribution in [3.8, 4) is 0 Å².